The van der Waals surface area contributed by atoms with Crippen LogP contribution < -0.4 is 0 Å². The van der Waals surface area contributed by atoms with E-state index in [1.165, 1.54) is 0 Å². The second-order valence-electron chi connectivity index (χ2n) is 12.2. The van der Waals surface area contributed by atoms with Crippen LogP contribution in [0.25, 0.3) is 11.0 Å². The number of aliphatic hydroxyl groups is 1. The number of alkyl halides is 1. The van der Waals surface area contributed by atoms with Crippen LogP contribution in [0.2, 0.25) is 0 Å². The summed E-state index contributed by atoms with van der Waals surface area (Å²) in [5.74, 6) is -1.69. The van der Waals surface area contributed by atoms with Gasteiger partial charge in [0.25, 0.3) is 0 Å². The smallest absolute Gasteiger partial charge is 0.248 e. The van der Waals surface area contributed by atoms with Crippen molar-refractivity contribution in [2.45, 2.75) is 53.3 Å². The van der Waals surface area contributed by atoms with Crippen LogP contribution in [0.5, 0.6) is 0 Å². The molecule has 2 aromatic carbocycles. The van der Waals surface area contributed by atoms with Gasteiger partial charge in [-0.3, -0.25) is 14.4 Å². The van der Waals surface area contributed by atoms with Crippen LogP contribution in [0.1, 0.15) is 24.8 Å². The summed E-state index contributed by atoms with van der Waals surface area (Å²) in [6.45, 7) is 9.27. The third-order valence-electron chi connectivity index (χ3n) is 9.38. The molecule has 3 fully saturated rings. The molecule has 6 atom stereocenters. The molecule has 46 heavy (non-hydrogen) atoms. The standard InChI is InChI=1S/C34H39BrN6O4S/c1-3-16-38(21-23-12-6-5-7-13-23)31(43)27-28-32(44)40(18-10-11-19-42)30(34(28)20-24(35)29(27)46-34)33(45)39(17-4-2)22-41-26-15-9-8-14-25(26)36-37-41/h3-9,12-15,24,27-30,42H,1-2,10-11,16-22H2/t24?,27-,28+,29-,30?,34?/m1/s1. The molecule has 10 nitrogen and oxygen atoms in total. The van der Waals surface area contributed by atoms with Gasteiger partial charge in [0.1, 0.15) is 18.2 Å². The first-order chi connectivity index (χ1) is 22.3. The van der Waals surface area contributed by atoms with Crippen LogP contribution in [0, 0.1) is 11.8 Å². The number of thioether (sulfide) groups is 1. The topological polar surface area (TPSA) is 112 Å². The predicted octanol–water partition coefficient (Wildman–Crippen LogP) is 3.86. The van der Waals surface area contributed by atoms with Crippen molar-refractivity contribution in [3.05, 3.63) is 85.5 Å². The number of unbranched alkanes of at least 4 members (excludes halogenated alkanes) is 1. The van der Waals surface area contributed by atoms with Crippen molar-refractivity contribution >= 4 is 56.4 Å². The van der Waals surface area contributed by atoms with E-state index < -0.39 is 22.6 Å². The first-order valence-electron chi connectivity index (χ1n) is 15.7. The number of aromatic nitrogens is 3. The minimum Gasteiger partial charge on any atom is -0.396 e. The monoisotopic (exact) mass is 706 g/mol. The number of benzene rings is 2. The van der Waals surface area contributed by atoms with E-state index in [1.54, 1.807) is 43.3 Å². The van der Waals surface area contributed by atoms with Gasteiger partial charge in [0, 0.05) is 42.9 Å². The van der Waals surface area contributed by atoms with E-state index in [4.69, 9.17) is 0 Å². The number of rotatable bonds is 14. The molecule has 0 aliphatic carbocycles. The average Bonchev–Trinajstić information content (AvgIpc) is 3.78. The molecule has 2 bridgehead atoms. The van der Waals surface area contributed by atoms with Crippen molar-refractivity contribution in [2.24, 2.45) is 11.8 Å². The normalized spacial score (nSPS) is 26.3. The van der Waals surface area contributed by atoms with Gasteiger partial charge in [-0.05, 0) is 37.0 Å². The quantitative estimate of drug-likeness (QED) is 0.154. The summed E-state index contributed by atoms with van der Waals surface area (Å²) in [5.41, 5.74) is 2.52. The first-order valence-corrected chi connectivity index (χ1v) is 17.5. The van der Waals surface area contributed by atoms with Crippen LogP contribution in [0.4, 0.5) is 0 Å². The van der Waals surface area contributed by atoms with Gasteiger partial charge in [-0.25, -0.2) is 4.68 Å². The second-order valence-corrected chi connectivity index (χ2v) is 14.9. The summed E-state index contributed by atoms with van der Waals surface area (Å²) < 4.78 is 0.900. The Labute approximate surface area is 281 Å². The minimum atomic E-state index is -0.789. The second kappa shape index (κ2) is 13.7. The fraction of sp³-hybridized carbons (Fsp3) is 0.441. The molecule has 3 aliphatic rings. The van der Waals surface area contributed by atoms with Gasteiger partial charge < -0.3 is 19.8 Å². The number of nitrogens with zero attached hydrogens (tertiary/aromatic N) is 6. The fourth-order valence-corrected chi connectivity index (χ4v) is 11.1. The molecule has 0 saturated carbocycles. The lowest BCUT2D eigenvalue weighted by Gasteiger charge is -2.38. The Bertz CT molecular complexity index is 1620. The third-order valence-corrected chi connectivity index (χ3v) is 12.6. The lowest BCUT2D eigenvalue weighted by molar-refractivity contribution is -0.145. The molecular formula is C34H39BrN6O4S. The third kappa shape index (κ3) is 5.68. The highest BCUT2D eigenvalue weighted by Crippen LogP contribution is 2.68. The van der Waals surface area contributed by atoms with Crippen molar-refractivity contribution in [1.29, 1.82) is 0 Å². The zero-order chi connectivity index (χ0) is 32.4. The number of para-hydroxylation sites is 1. The Morgan fingerprint density at radius 3 is 2.50 bits per heavy atom. The molecule has 3 saturated heterocycles. The van der Waals surface area contributed by atoms with Crippen LogP contribution in [-0.4, -0.2) is 99.6 Å². The lowest BCUT2D eigenvalue weighted by Crippen LogP contribution is -2.56. The summed E-state index contributed by atoms with van der Waals surface area (Å²) in [6, 6.07) is 16.6. The maximum Gasteiger partial charge on any atom is 0.248 e. The fourth-order valence-electron chi connectivity index (χ4n) is 7.46. The molecule has 4 heterocycles. The molecule has 6 rings (SSSR count). The number of fused-ring (bicyclic) bond motifs is 2. The Hall–Kier alpha value is -3.48. The SMILES string of the molecule is C=CCN(Cn1nnc2ccccc21)C(=O)C1N(CCCCO)C(=O)[C@@H]2[C@@H](C(=O)N(CC=C)Cc3ccccc3)[C@@H]3SC12CC3Br. The molecular weight excluding hydrogens is 668 g/mol. The Kier molecular flexibility index (Phi) is 9.67. The highest BCUT2D eigenvalue weighted by molar-refractivity contribution is 9.09. The van der Waals surface area contributed by atoms with Gasteiger partial charge in [0.05, 0.1) is 22.1 Å². The van der Waals surface area contributed by atoms with Crippen molar-refractivity contribution in [1.82, 2.24) is 29.7 Å². The lowest BCUT2D eigenvalue weighted by atomic mass is 9.70. The molecule has 3 amide bonds. The van der Waals surface area contributed by atoms with Gasteiger partial charge >= 0.3 is 0 Å². The number of carbonyl (C=O) groups excluding carboxylic acids is 3. The molecule has 3 aromatic rings. The van der Waals surface area contributed by atoms with Gasteiger partial charge in [0.2, 0.25) is 17.7 Å². The van der Waals surface area contributed by atoms with Crippen molar-refractivity contribution < 1.29 is 19.5 Å². The molecule has 0 radical (unpaired) electrons. The molecule has 1 aromatic heterocycles. The molecule has 242 valence electrons. The Balaban J connectivity index is 1.36. The number of carbonyl (C=O) groups is 3. The van der Waals surface area contributed by atoms with E-state index in [-0.39, 0.29) is 47.6 Å². The molecule has 3 aliphatic heterocycles. The Morgan fingerprint density at radius 1 is 1.04 bits per heavy atom. The molecule has 12 heteroatoms. The van der Waals surface area contributed by atoms with E-state index >= 15 is 0 Å². The highest BCUT2D eigenvalue weighted by Gasteiger charge is 2.76. The van der Waals surface area contributed by atoms with Crippen LogP contribution in [0.3, 0.4) is 0 Å². The van der Waals surface area contributed by atoms with Crippen LogP contribution in [0.15, 0.2) is 79.9 Å². The van der Waals surface area contributed by atoms with Gasteiger partial charge in [-0.1, -0.05) is 75.8 Å². The molecule has 1 N–H and O–H groups in total. The van der Waals surface area contributed by atoms with Crippen molar-refractivity contribution in [3.63, 3.8) is 0 Å². The van der Waals surface area contributed by atoms with Crippen molar-refractivity contribution in [3.8, 4) is 0 Å². The maximum atomic E-state index is 14.8. The zero-order valence-corrected chi connectivity index (χ0v) is 28.1. The first kappa shape index (κ1) is 32.5. The highest BCUT2D eigenvalue weighted by atomic mass is 79.9. The minimum absolute atomic E-state index is 0.00537. The summed E-state index contributed by atoms with van der Waals surface area (Å²) in [7, 11) is 0. The van der Waals surface area contributed by atoms with E-state index in [2.05, 4.69) is 39.4 Å². The van der Waals surface area contributed by atoms with Gasteiger partial charge in [-0.2, -0.15) is 0 Å². The number of aliphatic hydroxyl groups excluding tert-OH is 1. The van der Waals surface area contributed by atoms with E-state index in [0.29, 0.717) is 38.9 Å². The number of hydrogen-bond donors (Lipinski definition) is 1. The van der Waals surface area contributed by atoms with E-state index in [1.807, 2.05) is 54.6 Å². The number of likely N-dealkylation sites (tertiary alicyclic amines) is 1. The largest absolute Gasteiger partial charge is 0.396 e. The van der Waals surface area contributed by atoms with E-state index in [9.17, 15) is 19.5 Å². The summed E-state index contributed by atoms with van der Waals surface area (Å²) in [6.07, 6.45) is 5.03. The Morgan fingerprint density at radius 2 is 1.76 bits per heavy atom. The number of hydrogen-bond acceptors (Lipinski definition) is 7. The average molecular weight is 708 g/mol. The van der Waals surface area contributed by atoms with Gasteiger partial charge in [0.15, 0.2) is 0 Å². The molecule has 3 unspecified atom stereocenters. The van der Waals surface area contributed by atoms with E-state index in [0.717, 1.165) is 16.6 Å². The predicted molar refractivity (Wildman–Crippen MR) is 182 cm³/mol. The molecule has 1 spiro atoms. The summed E-state index contributed by atoms with van der Waals surface area (Å²) in [5, 5.41) is 18.0. The summed E-state index contributed by atoms with van der Waals surface area (Å²) in [4.78, 5) is 48.9. The van der Waals surface area contributed by atoms with Gasteiger partial charge in [-0.15, -0.1) is 30.0 Å². The van der Waals surface area contributed by atoms with Crippen LogP contribution in [-0.2, 0) is 27.6 Å². The maximum absolute atomic E-state index is 14.8. The number of halogens is 1. The van der Waals surface area contributed by atoms with Crippen molar-refractivity contribution in [2.75, 3.05) is 26.2 Å². The summed E-state index contributed by atoms with van der Waals surface area (Å²) >= 11 is 5.50. The zero-order valence-electron chi connectivity index (χ0n) is 25.7. The number of amides is 3. The van der Waals surface area contributed by atoms with Crippen LogP contribution >= 0.6 is 27.7 Å².